The van der Waals surface area contributed by atoms with Crippen LogP contribution in [0.3, 0.4) is 0 Å². The SMILES string of the molecule is CCOC(C(=O)NC(c1ccccc1)(c1ccccc1)c1ccccc1)C(C(=O)O)N(C(=O)OC)C1c2ccccc2-c2ccccc21. The highest BCUT2D eigenvalue weighted by molar-refractivity contribution is 5.93. The van der Waals surface area contributed by atoms with Crippen molar-refractivity contribution in [2.45, 2.75) is 30.7 Å². The first-order chi connectivity index (χ1) is 23.4. The number of carboxylic acid groups (broad SMARTS) is 1. The van der Waals surface area contributed by atoms with E-state index in [0.717, 1.165) is 43.8 Å². The summed E-state index contributed by atoms with van der Waals surface area (Å²) in [5.74, 6) is -2.13. The highest BCUT2D eigenvalue weighted by Gasteiger charge is 2.50. The first kappa shape index (κ1) is 32.2. The van der Waals surface area contributed by atoms with Crippen LogP contribution < -0.4 is 5.32 Å². The van der Waals surface area contributed by atoms with Crippen molar-refractivity contribution in [2.24, 2.45) is 0 Å². The molecule has 0 saturated carbocycles. The molecule has 242 valence electrons. The minimum Gasteiger partial charge on any atom is -0.480 e. The lowest BCUT2D eigenvalue weighted by Crippen LogP contribution is -2.61. The summed E-state index contributed by atoms with van der Waals surface area (Å²) in [6, 6.07) is 40.9. The summed E-state index contributed by atoms with van der Waals surface area (Å²) in [6.45, 7) is 1.68. The van der Waals surface area contributed by atoms with Gasteiger partial charge in [-0.05, 0) is 45.9 Å². The zero-order valence-corrected chi connectivity index (χ0v) is 26.7. The van der Waals surface area contributed by atoms with Crippen LogP contribution in [0.15, 0.2) is 140 Å². The average molecular weight is 641 g/mol. The summed E-state index contributed by atoms with van der Waals surface area (Å²) in [5.41, 5.74) is 4.18. The number of carboxylic acids is 1. The Hall–Kier alpha value is -5.73. The summed E-state index contributed by atoms with van der Waals surface area (Å²) >= 11 is 0. The van der Waals surface area contributed by atoms with Crippen molar-refractivity contribution >= 4 is 18.0 Å². The van der Waals surface area contributed by atoms with Crippen molar-refractivity contribution in [3.8, 4) is 11.1 Å². The standard InChI is InChI=1S/C40H36N2O6/c1-3-48-36(35(38(44)45)42(39(46)47-2)34-32-25-15-13-23-30(32)31-24-14-16-26-33(31)34)37(43)41-40(27-17-7-4-8-18-27,28-19-9-5-10-20-28)29-21-11-6-12-22-29/h4-26,34-36H,3H2,1-2H3,(H,41,43)(H,44,45). The predicted octanol–water partition coefficient (Wildman–Crippen LogP) is 6.79. The van der Waals surface area contributed by atoms with Crippen LogP contribution in [-0.4, -0.2) is 53.8 Å². The maximum atomic E-state index is 14.9. The van der Waals surface area contributed by atoms with E-state index < -0.39 is 41.7 Å². The summed E-state index contributed by atoms with van der Waals surface area (Å²) < 4.78 is 11.3. The molecule has 2 N–H and O–H groups in total. The lowest BCUT2D eigenvalue weighted by atomic mass is 9.76. The number of methoxy groups -OCH3 is 1. The number of hydrogen-bond donors (Lipinski definition) is 2. The van der Waals surface area contributed by atoms with Gasteiger partial charge in [-0.15, -0.1) is 0 Å². The Kier molecular flexibility index (Phi) is 9.36. The number of hydrogen-bond acceptors (Lipinski definition) is 5. The first-order valence-corrected chi connectivity index (χ1v) is 15.8. The third-order valence-corrected chi connectivity index (χ3v) is 8.84. The number of amides is 2. The molecular weight excluding hydrogens is 604 g/mol. The van der Waals surface area contributed by atoms with Gasteiger partial charge in [0.1, 0.15) is 5.54 Å². The molecule has 0 heterocycles. The molecule has 1 aliphatic rings. The van der Waals surface area contributed by atoms with E-state index in [1.54, 1.807) is 6.92 Å². The van der Waals surface area contributed by atoms with Gasteiger partial charge < -0.3 is 19.9 Å². The molecule has 0 spiro atoms. The van der Waals surface area contributed by atoms with Crippen LogP contribution >= 0.6 is 0 Å². The van der Waals surface area contributed by atoms with E-state index in [2.05, 4.69) is 5.32 Å². The maximum Gasteiger partial charge on any atom is 0.411 e. The topological polar surface area (TPSA) is 105 Å². The Morgan fingerprint density at radius 2 is 1.12 bits per heavy atom. The van der Waals surface area contributed by atoms with Gasteiger partial charge in [0.15, 0.2) is 12.1 Å². The molecule has 1 aliphatic carbocycles. The lowest BCUT2D eigenvalue weighted by molar-refractivity contribution is -0.157. The Labute approximate surface area is 279 Å². The molecule has 0 aromatic heterocycles. The van der Waals surface area contributed by atoms with Crippen molar-refractivity contribution in [3.63, 3.8) is 0 Å². The van der Waals surface area contributed by atoms with Crippen LogP contribution in [0.5, 0.6) is 0 Å². The summed E-state index contributed by atoms with van der Waals surface area (Å²) in [6.07, 6.45) is -2.54. The highest BCUT2D eigenvalue weighted by Crippen LogP contribution is 2.47. The molecule has 0 radical (unpaired) electrons. The number of carbonyl (C=O) groups is 3. The monoisotopic (exact) mass is 640 g/mol. The van der Waals surface area contributed by atoms with Crippen molar-refractivity contribution in [1.29, 1.82) is 0 Å². The van der Waals surface area contributed by atoms with Crippen molar-refractivity contribution in [3.05, 3.63) is 167 Å². The number of carbonyl (C=O) groups excluding carboxylic acids is 2. The van der Waals surface area contributed by atoms with E-state index in [1.807, 2.05) is 140 Å². The van der Waals surface area contributed by atoms with Gasteiger partial charge in [-0.25, -0.2) is 9.59 Å². The molecule has 0 bridgehead atoms. The molecule has 48 heavy (non-hydrogen) atoms. The molecule has 0 fully saturated rings. The van der Waals surface area contributed by atoms with Crippen LogP contribution in [0.2, 0.25) is 0 Å². The fraction of sp³-hybridized carbons (Fsp3) is 0.175. The number of benzene rings is 5. The summed E-state index contributed by atoms with van der Waals surface area (Å²) in [4.78, 5) is 43.2. The number of nitrogens with one attached hydrogen (secondary N) is 1. The van der Waals surface area contributed by atoms with E-state index in [9.17, 15) is 19.5 Å². The van der Waals surface area contributed by atoms with Crippen molar-refractivity contribution < 1.29 is 29.0 Å². The number of rotatable bonds is 11. The van der Waals surface area contributed by atoms with Gasteiger partial charge in [0, 0.05) is 6.61 Å². The molecule has 2 atom stereocenters. The van der Waals surface area contributed by atoms with Gasteiger partial charge in [-0.2, -0.15) is 0 Å². The largest absolute Gasteiger partial charge is 0.480 e. The Morgan fingerprint density at radius 3 is 1.52 bits per heavy atom. The second-order valence-electron chi connectivity index (χ2n) is 11.5. The van der Waals surface area contributed by atoms with Gasteiger partial charge in [-0.1, -0.05) is 140 Å². The van der Waals surface area contributed by atoms with Crippen molar-refractivity contribution in [2.75, 3.05) is 13.7 Å². The maximum absolute atomic E-state index is 14.9. The number of ether oxygens (including phenoxy) is 2. The number of fused-ring (bicyclic) bond motifs is 3. The third kappa shape index (κ3) is 5.71. The molecule has 8 nitrogen and oxygen atoms in total. The second-order valence-corrected chi connectivity index (χ2v) is 11.5. The molecule has 0 aliphatic heterocycles. The predicted molar refractivity (Wildman–Crippen MR) is 182 cm³/mol. The minimum absolute atomic E-state index is 0.00370. The van der Waals surface area contributed by atoms with Gasteiger partial charge >= 0.3 is 12.1 Å². The zero-order chi connectivity index (χ0) is 33.7. The van der Waals surface area contributed by atoms with E-state index in [1.165, 1.54) is 7.11 Å². The van der Waals surface area contributed by atoms with Crippen LogP contribution in [0.4, 0.5) is 4.79 Å². The summed E-state index contributed by atoms with van der Waals surface area (Å²) in [7, 11) is 1.20. The van der Waals surface area contributed by atoms with Gasteiger partial charge in [0.05, 0.1) is 13.2 Å². The van der Waals surface area contributed by atoms with E-state index in [-0.39, 0.29) is 6.61 Å². The fourth-order valence-corrected chi connectivity index (χ4v) is 6.83. The van der Waals surface area contributed by atoms with E-state index >= 15 is 0 Å². The molecule has 0 saturated heterocycles. The molecule has 2 amide bonds. The van der Waals surface area contributed by atoms with Gasteiger partial charge in [-0.3, -0.25) is 9.69 Å². The smallest absolute Gasteiger partial charge is 0.411 e. The van der Waals surface area contributed by atoms with E-state index in [4.69, 9.17) is 9.47 Å². The quantitative estimate of drug-likeness (QED) is 0.154. The van der Waals surface area contributed by atoms with Crippen LogP contribution in [0.1, 0.15) is 40.8 Å². The van der Waals surface area contributed by atoms with Crippen LogP contribution in [-0.2, 0) is 24.6 Å². The summed E-state index contributed by atoms with van der Waals surface area (Å²) in [5, 5.41) is 14.2. The lowest BCUT2D eigenvalue weighted by Gasteiger charge is -2.40. The number of aliphatic carboxylic acids is 1. The molecule has 6 rings (SSSR count). The second kappa shape index (κ2) is 13.9. The number of nitrogens with zero attached hydrogens (tertiary/aromatic N) is 1. The van der Waals surface area contributed by atoms with Crippen molar-refractivity contribution in [1.82, 2.24) is 10.2 Å². The Balaban J connectivity index is 1.52. The van der Waals surface area contributed by atoms with Gasteiger partial charge in [0.2, 0.25) is 0 Å². The minimum atomic E-state index is -1.78. The molecule has 5 aromatic rings. The van der Waals surface area contributed by atoms with E-state index in [0.29, 0.717) is 0 Å². The zero-order valence-electron chi connectivity index (χ0n) is 26.7. The first-order valence-electron chi connectivity index (χ1n) is 15.8. The highest BCUT2D eigenvalue weighted by atomic mass is 16.5. The van der Waals surface area contributed by atoms with Gasteiger partial charge in [0.25, 0.3) is 5.91 Å². The molecule has 2 unspecified atom stereocenters. The fourth-order valence-electron chi connectivity index (χ4n) is 6.83. The Morgan fingerprint density at radius 1 is 0.708 bits per heavy atom. The average Bonchev–Trinajstić information content (AvgIpc) is 3.46. The van der Waals surface area contributed by atoms with Crippen LogP contribution in [0, 0.1) is 0 Å². The normalized spacial score (nSPS) is 13.5. The van der Waals surface area contributed by atoms with Crippen LogP contribution in [0.25, 0.3) is 11.1 Å². The Bertz CT molecular complexity index is 1760. The molecule has 5 aromatic carbocycles. The third-order valence-electron chi connectivity index (χ3n) is 8.84. The molecular formula is C40H36N2O6. The molecule has 8 heteroatoms.